The van der Waals surface area contributed by atoms with Crippen LogP contribution in [0.5, 0.6) is 0 Å². The van der Waals surface area contributed by atoms with Crippen molar-refractivity contribution in [2.24, 2.45) is 11.8 Å². The minimum Gasteiger partial charge on any atom is -0.481 e. The molecule has 2 N–H and O–H groups in total. The van der Waals surface area contributed by atoms with E-state index >= 15 is 0 Å². The van der Waals surface area contributed by atoms with Gasteiger partial charge in [0.2, 0.25) is 0 Å². The van der Waals surface area contributed by atoms with E-state index in [0.29, 0.717) is 19.0 Å². The zero-order valence-corrected chi connectivity index (χ0v) is 10.2. The van der Waals surface area contributed by atoms with Crippen LogP contribution in [0.1, 0.15) is 32.6 Å². The lowest BCUT2D eigenvalue weighted by Gasteiger charge is -2.19. The number of nitrogens with zero attached hydrogens (tertiary/aromatic N) is 1. The summed E-state index contributed by atoms with van der Waals surface area (Å²) in [6.45, 7) is 2.62. The number of rotatable bonds is 4. The molecule has 0 radical (unpaired) electrons. The molecule has 2 unspecified atom stereocenters. The molecule has 2 atom stereocenters. The largest absolute Gasteiger partial charge is 0.481 e. The summed E-state index contributed by atoms with van der Waals surface area (Å²) in [5.74, 6) is -0.755. The summed E-state index contributed by atoms with van der Waals surface area (Å²) in [7, 11) is 0. The van der Waals surface area contributed by atoms with Crippen LogP contribution in [0.15, 0.2) is 0 Å². The van der Waals surface area contributed by atoms with E-state index in [1.54, 1.807) is 11.8 Å². The van der Waals surface area contributed by atoms with E-state index in [2.05, 4.69) is 5.32 Å². The maximum absolute atomic E-state index is 11.7. The smallest absolute Gasteiger partial charge is 0.317 e. The summed E-state index contributed by atoms with van der Waals surface area (Å²) < 4.78 is 0. The monoisotopic (exact) mass is 240 g/mol. The summed E-state index contributed by atoms with van der Waals surface area (Å²) in [5.41, 5.74) is 0. The second-order valence-electron chi connectivity index (χ2n) is 5.24. The average Bonchev–Trinajstić information content (AvgIpc) is 2.88. The number of amides is 2. The first-order valence-corrected chi connectivity index (χ1v) is 6.36. The highest BCUT2D eigenvalue weighted by molar-refractivity contribution is 5.78. The van der Waals surface area contributed by atoms with Crippen molar-refractivity contribution in [2.45, 2.75) is 38.6 Å². The van der Waals surface area contributed by atoms with Crippen molar-refractivity contribution < 1.29 is 14.7 Å². The molecule has 1 aliphatic heterocycles. The van der Waals surface area contributed by atoms with Gasteiger partial charge in [0, 0.05) is 13.1 Å². The normalized spacial score (nSPS) is 27.2. The third-order valence-corrected chi connectivity index (χ3v) is 3.90. The van der Waals surface area contributed by atoms with Crippen LogP contribution < -0.4 is 5.32 Å². The lowest BCUT2D eigenvalue weighted by atomic mass is 9.99. The minimum atomic E-state index is -0.845. The summed E-state index contributed by atoms with van der Waals surface area (Å²) in [4.78, 5) is 24.1. The second kappa shape index (κ2) is 4.94. The minimum absolute atomic E-state index is 0.102. The SMILES string of the molecule is CC(CN1CC(C2CCCC2)NC1=O)C(=O)O. The summed E-state index contributed by atoms with van der Waals surface area (Å²) in [6, 6.07) is 0.126. The van der Waals surface area contributed by atoms with Gasteiger partial charge in [-0.15, -0.1) is 0 Å². The number of carboxylic acid groups (broad SMARTS) is 1. The molecule has 0 aromatic carbocycles. The number of carbonyl (C=O) groups is 2. The summed E-state index contributed by atoms with van der Waals surface area (Å²) in [6.07, 6.45) is 4.88. The fraction of sp³-hybridized carbons (Fsp3) is 0.833. The lowest BCUT2D eigenvalue weighted by Crippen LogP contribution is -2.34. The Hall–Kier alpha value is -1.26. The molecule has 1 saturated heterocycles. The zero-order valence-electron chi connectivity index (χ0n) is 10.2. The maximum Gasteiger partial charge on any atom is 0.317 e. The quantitative estimate of drug-likeness (QED) is 0.778. The predicted octanol–water partition coefficient (Wildman–Crippen LogP) is 1.29. The number of carboxylic acids is 1. The van der Waals surface area contributed by atoms with E-state index in [1.165, 1.54) is 25.7 Å². The van der Waals surface area contributed by atoms with E-state index in [1.807, 2.05) is 0 Å². The highest BCUT2D eigenvalue weighted by atomic mass is 16.4. The molecule has 2 amide bonds. The maximum atomic E-state index is 11.7. The highest BCUT2D eigenvalue weighted by Crippen LogP contribution is 2.29. The molecule has 96 valence electrons. The predicted molar refractivity (Wildman–Crippen MR) is 62.7 cm³/mol. The van der Waals surface area contributed by atoms with Crippen molar-refractivity contribution in [3.05, 3.63) is 0 Å². The van der Waals surface area contributed by atoms with E-state index in [9.17, 15) is 9.59 Å². The van der Waals surface area contributed by atoms with Gasteiger partial charge in [-0.25, -0.2) is 4.79 Å². The van der Waals surface area contributed by atoms with Crippen LogP contribution in [0.2, 0.25) is 0 Å². The van der Waals surface area contributed by atoms with Gasteiger partial charge in [0.05, 0.1) is 12.0 Å². The Balaban J connectivity index is 1.88. The van der Waals surface area contributed by atoms with Gasteiger partial charge in [-0.3, -0.25) is 4.79 Å². The number of aliphatic carboxylic acids is 1. The van der Waals surface area contributed by atoms with Gasteiger partial charge in [-0.2, -0.15) is 0 Å². The Labute approximate surface area is 101 Å². The molecule has 17 heavy (non-hydrogen) atoms. The first kappa shape index (κ1) is 12.2. The number of hydrogen-bond acceptors (Lipinski definition) is 2. The Kier molecular flexibility index (Phi) is 3.54. The molecule has 2 fully saturated rings. The van der Waals surface area contributed by atoms with Crippen molar-refractivity contribution in [2.75, 3.05) is 13.1 Å². The van der Waals surface area contributed by atoms with Crippen LogP contribution in [0.25, 0.3) is 0 Å². The van der Waals surface area contributed by atoms with Gasteiger partial charge < -0.3 is 15.3 Å². The molecule has 0 aromatic rings. The average molecular weight is 240 g/mol. The van der Waals surface area contributed by atoms with Gasteiger partial charge in [0.15, 0.2) is 0 Å². The first-order chi connectivity index (χ1) is 8.08. The van der Waals surface area contributed by atoms with E-state index in [4.69, 9.17) is 5.11 Å². The van der Waals surface area contributed by atoms with Crippen LogP contribution in [0, 0.1) is 11.8 Å². The van der Waals surface area contributed by atoms with Crippen molar-refractivity contribution in [3.8, 4) is 0 Å². The Morgan fingerprint density at radius 1 is 1.53 bits per heavy atom. The number of carbonyl (C=O) groups excluding carboxylic acids is 1. The standard InChI is InChI=1S/C12H20N2O3/c1-8(11(15)16)6-14-7-10(13-12(14)17)9-4-2-3-5-9/h8-10H,2-7H2,1H3,(H,13,17)(H,15,16). The van der Waals surface area contributed by atoms with Gasteiger partial charge in [0.1, 0.15) is 0 Å². The van der Waals surface area contributed by atoms with Crippen LogP contribution >= 0.6 is 0 Å². The fourth-order valence-electron chi connectivity index (χ4n) is 2.81. The van der Waals surface area contributed by atoms with Gasteiger partial charge in [-0.1, -0.05) is 19.8 Å². The molecule has 1 heterocycles. The van der Waals surface area contributed by atoms with Crippen LogP contribution in [0.4, 0.5) is 4.79 Å². The Morgan fingerprint density at radius 3 is 2.76 bits per heavy atom. The molecule has 5 nitrogen and oxygen atoms in total. The highest BCUT2D eigenvalue weighted by Gasteiger charge is 2.36. The molecular formula is C12H20N2O3. The molecule has 0 spiro atoms. The van der Waals surface area contributed by atoms with Crippen molar-refractivity contribution >= 4 is 12.0 Å². The number of urea groups is 1. The molecule has 0 aromatic heterocycles. The molecule has 1 saturated carbocycles. The van der Waals surface area contributed by atoms with Gasteiger partial charge in [-0.05, 0) is 18.8 Å². The Morgan fingerprint density at radius 2 is 2.18 bits per heavy atom. The molecule has 0 bridgehead atoms. The fourth-order valence-corrected chi connectivity index (χ4v) is 2.81. The Bertz CT molecular complexity index is 313. The first-order valence-electron chi connectivity index (χ1n) is 6.36. The second-order valence-corrected chi connectivity index (χ2v) is 5.24. The third kappa shape index (κ3) is 2.70. The van der Waals surface area contributed by atoms with E-state index in [-0.39, 0.29) is 12.1 Å². The molecule has 2 rings (SSSR count). The van der Waals surface area contributed by atoms with Crippen molar-refractivity contribution in [1.82, 2.24) is 10.2 Å². The zero-order chi connectivity index (χ0) is 12.4. The van der Waals surface area contributed by atoms with E-state index < -0.39 is 11.9 Å². The molecule has 5 heteroatoms. The van der Waals surface area contributed by atoms with Gasteiger partial charge in [0.25, 0.3) is 0 Å². The van der Waals surface area contributed by atoms with Crippen LogP contribution in [0.3, 0.4) is 0 Å². The van der Waals surface area contributed by atoms with Crippen molar-refractivity contribution in [1.29, 1.82) is 0 Å². The molecule has 2 aliphatic rings. The summed E-state index contributed by atoms with van der Waals surface area (Å²) >= 11 is 0. The number of nitrogens with one attached hydrogen (secondary N) is 1. The molecular weight excluding hydrogens is 220 g/mol. The number of hydrogen-bond donors (Lipinski definition) is 2. The van der Waals surface area contributed by atoms with Crippen molar-refractivity contribution in [3.63, 3.8) is 0 Å². The third-order valence-electron chi connectivity index (χ3n) is 3.90. The van der Waals surface area contributed by atoms with Crippen LogP contribution in [-0.4, -0.2) is 41.1 Å². The van der Waals surface area contributed by atoms with E-state index in [0.717, 1.165) is 0 Å². The summed E-state index contributed by atoms with van der Waals surface area (Å²) in [5, 5.41) is 11.8. The topological polar surface area (TPSA) is 69.6 Å². The van der Waals surface area contributed by atoms with Gasteiger partial charge >= 0.3 is 12.0 Å². The van der Waals surface area contributed by atoms with Crippen LogP contribution in [-0.2, 0) is 4.79 Å². The lowest BCUT2D eigenvalue weighted by molar-refractivity contribution is -0.141. The molecule has 1 aliphatic carbocycles.